The molecule has 0 radical (unpaired) electrons. The number of rotatable bonds is 1. The van der Waals surface area contributed by atoms with Gasteiger partial charge in [-0.25, -0.2) is 0 Å². The fourth-order valence-corrected chi connectivity index (χ4v) is 0.587. The molecule has 0 fully saturated rings. The minimum atomic E-state index is -0.826. The molecule has 0 atom stereocenters. The van der Waals surface area contributed by atoms with E-state index in [1.807, 2.05) is 0 Å². The van der Waals surface area contributed by atoms with Crippen LogP contribution < -0.4 is 0 Å². The number of carbonyl (C=O) groups excluding carboxylic acids is 1. The number of para-hydroxylation sites is 1. The Morgan fingerprint density at radius 1 is 1.33 bits per heavy atom. The Morgan fingerprint density at radius 2 is 1.83 bits per heavy atom. The third-order valence-corrected chi connectivity index (χ3v) is 1.06. The molecule has 0 aliphatic heterocycles. The van der Waals surface area contributed by atoms with Crippen molar-refractivity contribution in [2.45, 2.75) is 0 Å². The molecule has 0 saturated heterocycles. The van der Waals surface area contributed by atoms with Gasteiger partial charge < -0.3 is 5.11 Å². The van der Waals surface area contributed by atoms with E-state index >= 15 is 0 Å². The van der Waals surface area contributed by atoms with Crippen molar-refractivity contribution in [3.8, 4) is 5.75 Å². The van der Waals surface area contributed by atoms with Crippen LogP contribution in [0.15, 0.2) is 24.3 Å². The zero-order chi connectivity index (χ0) is 9.40. The van der Waals surface area contributed by atoms with Crippen molar-refractivity contribution in [3.05, 3.63) is 29.8 Å². The molecule has 0 saturated carbocycles. The van der Waals surface area contributed by atoms with E-state index in [-0.39, 0.29) is 5.75 Å². The summed E-state index contributed by atoms with van der Waals surface area (Å²) in [5, 5.41) is 8.88. The van der Waals surface area contributed by atoms with Crippen molar-refractivity contribution in [1.29, 1.82) is 0 Å². The molecule has 1 aromatic rings. The van der Waals surface area contributed by atoms with Gasteiger partial charge in [-0.2, -0.15) is 0 Å². The van der Waals surface area contributed by atoms with Crippen LogP contribution in [0.25, 0.3) is 0 Å². The van der Waals surface area contributed by atoms with Crippen molar-refractivity contribution in [2.75, 3.05) is 0 Å². The van der Waals surface area contributed by atoms with Gasteiger partial charge >= 0.3 is 37.9 Å². The molecule has 0 aliphatic rings. The Balaban J connectivity index is 0.000000354. The van der Waals surface area contributed by atoms with Gasteiger partial charge in [-0.3, -0.25) is 4.79 Å². The van der Waals surface area contributed by atoms with Gasteiger partial charge in [-0.1, -0.05) is 12.1 Å². The molecular weight excluding hydrogens is 278 g/mol. The van der Waals surface area contributed by atoms with Gasteiger partial charge in [0.1, 0.15) is 5.75 Å². The van der Waals surface area contributed by atoms with Crippen LogP contribution in [0.4, 0.5) is 0 Å². The summed E-state index contributed by atoms with van der Waals surface area (Å²) in [4.78, 5) is 10.1. The van der Waals surface area contributed by atoms with E-state index < -0.39 is 20.8 Å². The fourth-order valence-electron chi connectivity index (χ4n) is 0.587. The van der Waals surface area contributed by atoms with E-state index in [0.29, 0.717) is 11.8 Å². The molecule has 0 spiro atoms. The summed E-state index contributed by atoms with van der Waals surface area (Å²) < 4.78 is 0. The summed E-state index contributed by atoms with van der Waals surface area (Å²) in [6, 6.07) is 6.40. The Hall–Kier alpha value is 0.153. The number of halogens is 2. The predicted molar refractivity (Wildman–Crippen MR) is 45.2 cm³/mol. The van der Waals surface area contributed by atoms with Crippen LogP contribution in [0.3, 0.4) is 0 Å². The summed E-state index contributed by atoms with van der Waals surface area (Å²) >= 11 is -0.826. The summed E-state index contributed by atoms with van der Waals surface area (Å²) in [7, 11) is 9.87. The second-order valence-electron chi connectivity index (χ2n) is 1.75. The SMILES string of the molecule is O=Cc1ccccc1O.[Cl][Zr][Cl]. The molecule has 0 amide bonds. The van der Waals surface area contributed by atoms with E-state index in [9.17, 15) is 4.79 Å². The summed E-state index contributed by atoms with van der Waals surface area (Å²) in [5.41, 5.74) is 0.331. The topological polar surface area (TPSA) is 37.3 Å². The molecule has 0 bridgehead atoms. The Kier molecular flexibility index (Phi) is 7.88. The zero-order valence-electron chi connectivity index (χ0n) is 6.00. The molecule has 5 heteroatoms. The van der Waals surface area contributed by atoms with Gasteiger partial charge in [-0.05, 0) is 12.1 Å². The summed E-state index contributed by atoms with van der Waals surface area (Å²) in [5.74, 6) is 0.0347. The van der Waals surface area contributed by atoms with Crippen molar-refractivity contribution >= 4 is 23.3 Å². The standard InChI is InChI=1S/C7H6O2.2ClH.Zr/c8-5-6-3-1-2-4-7(6)9;;;/h1-5,9H;2*1H;/q;;;+2/p-2. The molecule has 1 aromatic carbocycles. The number of phenols is 1. The fraction of sp³-hybridized carbons (Fsp3) is 0. The van der Waals surface area contributed by atoms with Gasteiger partial charge in [0.2, 0.25) is 0 Å². The number of hydrogen-bond acceptors (Lipinski definition) is 2. The van der Waals surface area contributed by atoms with Crippen LogP contribution in [-0.4, -0.2) is 11.4 Å². The Morgan fingerprint density at radius 3 is 2.17 bits per heavy atom. The van der Waals surface area contributed by atoms with E-state index in [2.05, 4.69) is 0 Å². The number of aldehydes is 1. The number of phenolic OH excluding ortho intramolecular Hbond substituents is 1. The van der Waals surface area contributed by atoms with Crippen molar-refractivity contribution < 1.29 is 30.7 Å². The summed E-state index contributed by atoms with van der Waals surface area (Å²) in [6.07, 6.45) is 0.620. The molecule has 0 unspecified atom stereocenters. The molecule has 64 valence electrons. The minimum absolute atomic E-state index is 0.0347. The Labute approximate surface area is 89.2 Å². The van der Waals surface area contributed by atoms with Gasteiger partial charge in [0.25, 0.3) is 0 Å². The van der Waals surface area contributed by atoms with Crippen LogP contribution in [0.1, 0.15) is 10.4 Å². The van der Waals surface area contributed by atoms with E-state index in [1.54, 1.807) is 18.2 Å². The van der Waals surface area contributed by atoms with Gasteiger partial charge in [0, 0.05) is 0 Å². The third kappa shape index (κ3) is 4.92. The number of hydrogen-bond donors (Lipinski definition) is 1. The van der Waals surface area contributed by atoms with E-state index in [4.69, 9.17) is 22.1 Å². The van der Waals surface area contributed by atoms with Gasteiger partial charge in [0.05, 0.1) is 5.56 Å². The average Bonchev–Trinajstić information content (AvgIpc) is 2.07. The molecule has 0 aromatic heterocycles. The second-order valence-corrected chi connectivity index (χ2v) is 5.48. The first kappa shape index (κ1) is 12.2. The van der Waals surface area contributed by atoms with Crippen LogP contribution >= 0.6 is 17.0 Å². The maximum absolute atomic E-state index is 10.1. The van der Waals surface area contributed by atoms with Crippen LogP contribution in [-0.2, 0) is 20.8 Å². The van der Waals surface area contributed by atoms with Crippen molar-refractivity contribution in [2.24, 2.45) is 0 Å². The first-order valence-corrected chi connectivity index (χ1v) is 9.28. The second kappa shape index (κ2) is 7.78. The first-order valence-electron chi connectivity index (χ1n) is 2.95. The molecule has 2 nitrogen and oxygen atoms in total. The van der Waals surface area contributed by atoms with Gasteiger partial charge in [0.15, 0.2) is 6.29 Å². The summed E-state index contributed by atoms with van der Waals surface area (Å²) in [6.45, 7) is 0. The molecule has 12 heavy (non-hydrogen) atoms. The molecule has 1 rings (SSSR count). The van der Waals surface area contributed by atoms with E-state index in [1.165, 1.54) is 6.07 Å². The molecule has 0 heterocycles. The number of carbonyl (C=O) groups is 1. The third-order valence-electron chi connectivity index (χ3n) is 1.06. The first-order chi connectivity index (χ1) is 5.76. The number of benzene rings is 1. The number of aromatic hydroxyl groups is 1. The normalized spacial score (nSPS) is 7.83. The van der Waals surface area contributed by atoms with Crippen molar-refractivity contribution in [1.82, 2.24) is 0 Å². The molecular formula is C7H6Cl2O2Zr. The Bertz CT molecular complexity index is 243. The van der Waals surface area contributed by atoms with Crippen LogP contribution in [0.2, 0.25) is 0 Å². The molecule has 1 N–H and O–H groups in total. The molecule has 0 aliphatic carbocycles. The van der Waals surface area contributed by atoms with Crippen LogP contribution in [0.5, 0.6) is 5.75 Å². The zero-order valence-corrected chi connectivity index (χ0v) is 9.97. The van der Waals surface area contributed by atoms with Gasteiger partial charge in [-0.15, -0.1) is 0 Å². The quantitative estimate of drug-likeness (QED) is 0.805. The van der Waals surface area contributed by atoms with E-state index in [0.717, 1.165) is 0 Å². The van der Waals surface area contributed by atoms with Crippen LogP contribution in [0, 0.1) is 0 Å². The monoisotopic (exact) mass is 282 g/mol. The average molecular weight is 284 g/mol. The van der Waals surface area contributed by atoms with Crippen molar-refractivity contribution in [3.63, 3.8) is 0 Å². The maximum atomic E-state index is 10.1. The predicted octanol–water partition coefficient (Wildman–Crippen LogP) is 2.58.